The van der Waals surface area contributed by atoms with E-state index in [2.05, 4.69) is 62.6 Å². The van der Waals surface area contributed by atoms with Gasteiger partial charge in [0.15, 0.2) is 0 Å². The summed E-state index contributed by atoms with van der Waals surface area (Å²) in [6.07, 6.45) is 3.37. The van der Waals surface area contributed by atoms with Crippen molar-refractivity contribution in [1.29, 1.82) is 0 Å². The van der Waals surface area contributed by atoms with Crippen molar-refractivity contribution in [3.8, 4) is 0 Å². The third kappa shape index (κ3) is 3.55. The fourth-order valence-electron chi connectivity index (χ4n) is 4.05. The second-order valence-electron chi connectivity index (χ2n) is 8.97. The van der Waals surface area contributed by atoms with E-state index in [1.54, 1.807) is 12.7 Å². The topological polar surface area (TPSA) is 61.3 Å². The molecule has 2 aromatic rings. The lowest BCUT2D eigenvalue weighted by atomic mass is 9.92. The Bertz CT molecular complexity index is 800. The summed E-state index contributed by atoms with van der Waals surface area (Å²) in [5, 5.41) is 0. The van der Waals surface area contributed by atoms with Crippen molar-refractivity contribution in [2.24, 2.45) is 11.8 Å². The largest absolute Gasteiger partial charge is 0.363 e. The predicted molar refractivity (Wildman–Crippen MR) is 108 cm³/mol. The summed E-state index contributed by atoms with van der Waals surface area (Å²) in [4.78, 5) is 24.7. The van der Waals surface area contributed by atoms with Crippen LogP contribution in [-0.4, -0.2) is 60.2 Å². The number of nitrogens with zero attached hydrogens (tertiary/aromatic N) is 7. The molecule has 144 valence electrons. The molecule has 0 saturated carbocycles. The molecular formula is C20H29N7. The quantitative estimate of drug-likeness (QED) is 0.824. The smallest absolute Gasteiger partial charge is 0.134 e. The van der Waals surface area contributed by atoms with Crippen molar-refractivity contribution in [2.75, 3.05) is 55.0 Å². The van der Waals surface area contributed by atoms with Gasteiger partial charge in [0.2, 0.25) is 0 Å². The van der Waals surface area contributed by atoms with Gasteiger partial charge >= 0.3 is 0 Å². The van der Waals surface area contributed by atoms with Crippen molar-refractivity contribution in [2.45, 2.75) is 26.2 Å². The molecule has 2 fully saturated rings. The molecule has 2 atom stereocenters. The van der Waals surface area contributed by atoms with Crippen LogP contribution in [0.15, 0.2) is 24.8 Å². The van der Waals surface area contributed by atoms with Crippen LogP contribution in [0.25, 0.3) is 0 Å². The minimum Gasteiger partial charge on any atom is -0.363 e. The molecule has 2 aliphatic heterocycles. The third-order valence-electron chi connectivity index (χ3n) is 5.65. The molecule has 2 saturated heterocycles. The van der Waals surface area contributed by atoms with Gasteiger partial charge in [0.05, 0.1) is 5.69 Å². The molecule has 4 heterocycles. The standard InChI is InChI=1S/C20H29N7/c1-20(2,3)16-6-18(23-12-21-16)26-8-14-10-27(11-15(14)9-26)19-7-17(25(4)5)22-13-24-19/h6-7,12-15H,8-11H2,1-5H3. The fourth-order valence-corrected chi connectivity index (χ4v) is 4.05. The van der Waals surface area contributed by atoms with E-state index in [9.17, 15) is 0 Å². The molecule has 0 amide bonds. The summed E-state index contributed by atoms with van der Waals surface area (Å²) in [7, 11) is 4.02. The minimum absolute atomic E-state index is 0.0429. The maximum atomic E-state index is 4.55. The average molecular weight is 368 g/mol. The maximum Gasteiger partial charge on any atom is 0.134 e. The van der Waals surface area contributed by atoms with Crippen molar-refractivity contribution < 1.29 is 0 Å². The Labute approximate surface area is 161 Å². The Hall–Kier alpha value is -2.44. The number of hydrogen-bond acceptors (Lipinski definition) is 7. The van der Waals surface area contributed by atoms with Crippen LogP contribution >= 0.6 is 0 Å². The first-order valence-electron chi connectivity index (χ1n) is 9.63. The first-order valence-corrected chi connectivity index (χ1v) is 9.63. The second kappa shape index (κ2) is 6.62. The number of anilines is 3. The lowest BCUT2D eigenvalue weighted by Gasteiger charge is -2.25. The Morgan fingerprint density at radius 1 is 0.815 bits per heavy atom. The lowest BCUT2D eigenvalue weighted by molar-refractivity contribution is 0.533. The Morgan fingerprint density at radius 3 is 1.85 bits per heavy atom. The number of rotatable bonds is 3. The van der Waals surface area contributed by atoms with Gasteiger partial charge in [-0.3, -0.25) is 0 Å². The van der Waals surface area contributed by atoms with Crippen LogP contribution in [0.5, 0.6) is 0 Å². The number of hydrogen-bond donors (Lipinski definition) is 0. The van der Waals surface area contributed by atoms with Gasteiger partial charge in [-0.25, -0.2) is 19.9 Å². The first kappa shape index (κ1) is 17.9. The zero-order valence-corrected chi connectivity index (χ0v) is 16.9. The molecule has 0 N–H and O–H groups in total. The summed E-state index contributed by atoms with van der Waals surface area (Å²) in [6, 6.07) is 4.24. The van der Waals surface area contributed by atoms with Crippen LogP contribution in [0.1, 0.15) is 26.5 Å². The summed E-state index contributed by atoms with van der Waals surface area (Å²) in [6.45, 7) is 10.8. The molecule has 7 heteroatoms. The average Bonchev–Trinajstić information content (AvgIpc) is 3.20. The lowest BCUT2D eigenvalue weighted by Crippen LogP contribution is -2.30. The molecule has 4 rings (SSSR count). The normalized spacial score (nSPS) is 22.3. The van der Waals surface area contributed by atoms with Gasteiger partial charge in [0, 0.05) is 69.7 Å². The van der Waals surface area contributed by atoms with E-state index >= 15 is 0 Å². The van der Waals surface area contributed by atoms with Gasteiger partial charge < -0.3 is 14.7 Å². The Balaban J connectivity index is 1.45. The molecule has 0 spiro atoms. The summed E-state index contributed by atoms with van der Waals surface area (Å²) in [5.41, 5.74) is 1.14. The Kier molecular flexibility index (Phi) is 4.40. The van der Waals surface area contributed by atoms with Crippen LogP contribution in [0, 0.1) is 11.8 Å². The monoisotopic (exact) mass is 367 g/mol. The van der Waals surface area contributed by atoms with E-state index in [1.807, 2.05) is 19.0 Å². The van der Waals surface area contributed by atoms with E-state index in [-0.39, 0.29) is 5.41 Å². The fraction of sp³-hybridized carbons (Fsp3) is 0.600. The highest BCUT2D eigenvalue weighted by atomic mass is 15.3. The first-order chi connectivity index (χ1) is 12.8. The summed E-state index contributed by atoms with van der Waals surface area (Å²) < 4.78 is 0. The van der Waals surface area contributed by atoms with Gasteiger partial charge in [-0.15, -0.1) is 0 Å². The molecule has 0 aromatic carbocycles. The van der Waals surface area contributed by atoms with Gasteiger partial charge in [-0.1, -0.05) is 20.8 Å². The molecule has 2 unspecified atom stereocenters. The molecule has 2 aromatic heterocycles. The van der Waals surface area contributed by atoms with E-state index in [0.717, 1.165) is 49.3 Å². The van der Waals surface area contributed by atoms with Crippen molar-refractivity contribution >= 4 is 17.5 Å². The summed E-state index contributed by atoms with van der Waals surface area (Å²) in [5.74, 6) is 4.35. The van der Waals surface area contributed by atoms with Crippen LogP contribution in [0.3, 0.4) is 0 Å². The molecule has 0 aliphatic carbocycles. The van der Waals surface area contributed by atoms with Gasteiger partial charge in [-0.05, 0) is 0 Å². The zero-order valence-electron chi connectivity index (χ0n) is 16.9. The number of fused-ring (bicyclic) bond motifs is 1. The van der Waals surface area contributed by atoms with E-state index in [4.69, 9.17) is 0 Å². The molecule has 0 bridgehead atoms. The minimum atomic E-state index is 0.0429. The summed E-state index contributed by atoms with van der Waals surface area (Å²) >= 11 is 0. The molecule has 27 heavy (non-hydrogen) atoms. The predicted octanol–water partition coefficient (Wildman–Crippen LogP) is 2.20. The number of aromatic nitrogens is 4. The van der Waals surface area contributed by atoms with Crippen LogP contribution in [0.2, 0.25) is 0 Å². The Morgan fingerprint density at radius 2 is 1.33 bits per heavy atom. The SMILES string of the molecule is CN(C)c1cc(N2CC3CN(c4cc(C(C)(C)C)ncn4)CC3C2)ncn1. The van der Waals surface area contributed by atoms with E-state index in [1.165, 1.54) is 0 Å². The zero-order chi connectivity index (χ0) is 19.2. The highest BCUT2D eigenvalue weighted by Gasteiger charge is 2.41. The van der Waals surface area contributed by atoms with E-state index in [0.29, 0.717) is 11.8 Å². The van der Waals surface area contributed by atoms with Crippen LogP contribution < -0.4 is 14.7 Å². The van der Waals surface area contributed by atoms with Gasteiger partial charge in [-0.2, -0.15) is 0 Å². The third-order valence-corrected chi connectivity index (χ3v) is 5.65. The van der Waals surface area contributed by atoms with Gasteiger partial charge in [0.1, 0.15) is 30.1 Å². The second-order valence-corrected chi connectivity index (χ2v) is 8.97. The molecule has 7 nitrogen and oxygen atoms in total. The van der Waals surface area contributed by atoms with Crippen LogP contribution in [0.4, 0.5) is 17.5 Å². The highest BCUT2D eigenvalue weighted by molar-refractivity contribution is 5.51. The van der Waals surface area contributed by atoms with Crippen molar-refractivity contribution in [3.05, 3.63) is 30.5 Å². The van der Waals surface area contributed by atoms with Crippen molar-refractivity contribution in [1.82, 2.24) is 19.9 Å². The molecule has 2 aliphatic rings. The maximum absolute atomic E-state index is 4.55. The van der Waals surface area contributed by atoms with Crippen LogP contribution in [-0.2, 0) is 5.41 Å². The highest BCUT2D eigenvalue weighted by Crippen LogP contribution is 2.36. The van der Waals surface area contributed by atoms with Gasteiger partial charge in [0.25, 0.3) is 0 Å². The van der Waals surface area contributed by atoms with Crippen molar-refractivity contribution in [3.63, 3.8) is 0 Å². The van der Waals surface area contributed by atoms with E-state index < -0.39 is 0 Å². The molecule has 0 radical (unpaired) electrons. The molecular weight excluding hydrogens is 338 g/mol.